The second kappa shape index (κ2) is 3.80. The number of hydrogen-bond donors (Lipinski definition) is 0. The van der Waals surface area contributed by atoms with Crippen LogP contribution in [-0.4, -0.2) is 20.2 Å². The minimum absolute atomic E-state index is 0.0921. The summed E-state index contributed by atoms with van der Waals surface area (Å²) >= 11 is 0. The highest BCUT2D eigenvalue weighted by atomic mass is 16.6. The molecular formula is C9H4N4O5. The number of hydrogen-bond acceptors (Lipinski definition) is 8. The lowest BCUT2D eigenvalue weighted by atomic mass is 10.4. The van der Waals surface area contributed by atoms with E-state index in [1.807, 2.05) is 0 Å². The topological polar surface area (TPSA) is 121 Å². The first-order chi connectivity index (χ1) is 8.74. The Morgan fingerprint density at radius 1 is 1.17 bits per heavy atom. The van der Waals surface area contributed by atoms with Crippen LogP contribution in [0.15, 0.2) is 37.9 Å². The Morgan fingerprint density at radius 2 is 2.06 bits per heavy atom. The molecule has 0 aliphatic rings. The van der Waals surface area contributed by atoms with E-state index in [1.54, 1.807) is 6.07 Å². The van der Waals surface area contributed by atoms with Gasteiger partial charge in [0, 0.05) is 6.07 Å². The Morgan fingerprint density at radius 3 is 2.72 bits per heavy atom. The van der Waals surface area contributed by atoms with Gasteiger partial charge in [-0.1, -0.05) is 10.3 Å². The summed E-state index contributed by atoms with van der Waals surface area (Å²) in [4.78, 5) is 13.8. The Kier molecular flexibility index (Phi) is 2.15. The van der Waals surface area contributed by atoms with Gasteiger partial charge in [-0.05, 0) is 6.07 Å². The van der Waals surface area contributed by atoms with Gasteiger partial charge in [-0.2, -0.15) is 4.98 Å². The van der Waals surface area contributed by atoms with Gasteiger partial charge in [-0.15, -0.1) is 0 Å². The first kappa shape index (κ1) is 10.2. The lowest BCUT2D eigenvalue weighted by molar-refractivity contribution is -0.401. The van der Waals surface area contributed by atoms with Crippen molar-refractivity contribution >= 4 is 5.88 Å². The highest BCUT2D eigenvalue weighted by molar-refractivity contribution is 5.52. The number of rotatable bonds is 3. The molecule has 0 fully saturated rings. The van der Waals surface area contributed by atoms with Crippen LogP contribution in [0.2, 0.25) is 0 Å². The average molecular weight is 248 g/mol. The van der Waals surface area contributed by atoms with Gasteiger partial charge >= 0.3 is 5.88 Å². The zero-order chi connectivity index (χ0) is 12.5. The van der Waals surface area contributed by atoms with E-state index in [1.165, 1.54) is 18.3 Å². The average Bonchev–Trinajstić information content (AvgIpc) is 3.10. The van der Waals surface area contributed by atoms with Crippen molar-refractivity contribution in [3.63, 3.8) is 0 Å². The second-order valence-electron chi connectivity index (χ2n) is 3.19. The van der Waals surface area contributed by atoms with Crippen LogP contribution >= 0.6 is 0 Å². The van der Waals surface area contributed by atoms with Crippen LogP contribution in [0.4, 0.5) is 5.88 Å². The van der Waals surface area contributed by atoms with E-state index < -0.39 is 10.8 Å². The molecule has 3 aromatic heterocycles. The minimum atomic E-state index is -0.652. The fraction of sp³-hybridized carbons (Fsp3) is 0. The summed E-state index contributed by atoms with van der Waals surface area (Å²) in [7, 11) is 0. The summed E-state index contributed by atoms with van der Waals surface area (Å²) in [5, 5.41) is 17.6. The molecule has 3 rings (SSSR count). The van der Waals surface area contributed by atoms with Crippen LogP contribution in [0, 0.1) is 10.1 Å². The highest BCUT2D eigenvalue weighted by Crippen LogP contribution is 2.26. The van der Waals surface area contributed by atoms with Crippen molar-refractivity contribution in [2.75, 3.05) is 0 Å². The van der Waals surface area contributed by atoms with Crippen molar-refractivity contribution in [1.29, 1.82) is 0 Å². The first-order valence-corrected chi connectivity index (χ1v) is 4.73. The van der Waals surface area contributed by atoms with E-state index in [4.69, 9.17) is 13.5 Å². The van der Waals surface area contributed by atoms with E-state index in [2.05, 4.69) is 15.3 Å². The molecule has 0 bridgehead atoms. The maximum absolute atomic E-state index is 10.5. The first-order valence-electron chi connectivity index (χ1n) is 4.73. The summed E-state index contributed by atoms with van der Waals surface area (Å²) < 4.78 is 14.7. The number of furan rings is 1. The van der Waals surface area contributed by atoms with E-state index in [0.717, 1.165) is 0 Å². The number of nitro groups is 1. The quantitative estimate of drug-likeness (QED) is 0.508. The fourth-order valence-corrected chi connectivity index (χ4v) is 1.30. The van der Waals surface area contributed by atoms with Gasteiger partial charge in [0.2, 0.25) is 11.6 Å². The molecule has 9 nitrogen and oxygen atoms in total. The van der Waals surface area contributed by atoms with Gasteiger partial charge < -0.3 is 13.5 Å². The lowest BCUT2D eigenvalue weighted by Crippen LogP contribution is -1.83. The minimum Gasteiger partial charge on any atom is -0.397 e. The predicted molar refractivity (Wildman–Crippen MR) is 54.2 cm³/mol. The summed E-state index contributed by atoms with van der Waals surface area (Å²) in [5.41, 5.74) is 0. The molecule has 9 heteroatoms. The Balaban J connectivity index is 1.95. The molecule has 0 amide bonds. The second-order valence-corrected chi connectivity index (χ2v) is 3.19. The van der Waals surface area contributed by atoms with Crippen LogP contribution in [0.5, 0.6) is 0 Å². The zero-order valence-corrected chi connectivity index (χ0v) is 8.64. The summed E-state index contributed by atoms with van der Waals surface area (Å²) in [5.74, 6) is 0.248. The molecule has 18 heavy (non-hydrogen) atoms. The van der Waals surface area contributed by atoms with Gasteiger partial charge in [0.15, 0.2) is 5.76 Å². The van der Waals surface area contributed by atoms with E-state index >= 15 is 0 Å². The van der Waals surface area contributed by atoms with Crippen LogP contribution in [-0.2, 0) is 0 Å². The van der Waals surface area contributed by atoms with Crippen LogP contribution in [0.1, 0.15) is 0 Å². The maximum Gasteiger partial charge on any atom is 0.433 e. The molecule has 3 aromatic rings. The van der Waals surface area contributed by atoms with Gasteiger partial charge in [-0.3, -0.25) is 10.1 Å². The largest absolute Gasteiger partial charge is 0.433 e. The molecule has 90 valence electrons. The van der Waals surface area contributed by atoms with Crippen LogP contribution in [0.3, 0.4) is 0 Å². The summed E-state index contributed by atoms with van der Waals surface area (Å²) in [6.45, 7) is 0. The monoisotopic (exact) mass is 248 g/mol. The molecule has 0 saturated carbocycles. The molecule has 0 aliphatic heterocycles. The number of aromatic nitrogens is 3. The lowest BCUT2D eigenvalue weighted by Gasteiger charge is -1.84. The van der Waals surface area contributed by atoms with E-state index in [-0.39, 0.29) is 17.5 Å². The number of nitrogens with zero attached hydrogens (tertiary/aromatic N) is 4. The Labute approximate surface area is 98.1 Å². The van der Waals surface area contributed by atoms with Gasteiger partial charge in [0.05, 0.1) is 12.3 Å². The molecule has 0 aromatic carbocycles. The molecule has 0 unspecified atom stereocenters. The Bertz CT molecular complexity index is 683. The third kappa shape index (κ3) is 1.63. The van der Waals surface area contributed by atoms with Crippen molar-refractivity contribution in [2.45, 2.75) is 0 Å². The molecule has 0 spiro atoms. The molecule has 0 radical (unpaired) electrons. The van der Waals surface area contributed by atoms with Crippen LogP contribution < -0.4 is 0 Å². The van der Waals surface area contributed by atoms with Crippen molar-refractivity contribution < 1.29 is 18.4 Å². The van der Waals surface area contributed by atoms with Crippen molar-refractivity contribution in [2.24, 2.45) is 0 Å². The molecule has 0 aliphatic carbocycles. The molecular weight excluding hydrogens is 244 g/mol. The molecule has 0 N–H and O–H groups in total. The smallest absolute Gasteiger partial charge is 0.397 e. The third-order valence-electron chi connectivity index (χ3n) is 2.07. The Hall–Kier alpha value is -2.97. The summed E-state index contributed by atoms with van der Waals surface area (Å²) in [6.07, 6.45) is 1.43. The predicted octanol–water partition coefficient (Wildman–Crippen LogP) is 1.89. The fourth-order valence-electron chi connectivity index (χ4n) is 1.30. The van der Waals surface area contributed by atoms with Crippen LogP contribution in [0.25, 0.3) is 23.2 Å². The SMILES string of the molecule is O=[N+]([O-])c1ccc(-c2noc(-c3ccno3)n2)o1. The van der Waals surface area contributed by atoms with Gasteiger partial charge in [0.1, 0.15) is 4.92 Å². The van der Waals surface area contributed by atoms with Gasteiger partial charge in [-0.25, -0.2) is 0 Å². The van der Waals surface area contributed by atoms with E-state index in [0.29, 0.717) is 5.76 Å². The third-order valence-corrected chi connectivity index (χ3v) is 2.07. The van der Waals surface area contributed by atoms with Crippen molar-refractivity contribution in [3.05, 3.63) is 34.5 Å². The molecule has 0 saturated heterocycles. The van der Waals surface area contributed by atoms with Crippen molar-refractivity contribution in [3.8, 4) is 23.2 Å². The normalized spacial score (nSPS) is 10.7. The maximum atomic E-state index is 10.5. The van der Waals surface area contributed by atoms with E-state index in [9.17, 15) is 10.1 Å². The van der Waals surface area contributed by atoms with Crippen molar-refractivity contribution in [1.82, 2.24) is 15.3 Å². The highest BCUT2D eigenvalue weighted by Gasteiger charge is 2.19. The van der Waals surface area contributed by atoms with Gasteiger partial charge in [0.25, 0.3) is 5.89 Å². The molecule has 3 heterocycles. The summed E-state index contributed by atoms with van der Waals surface area (Å²) in [6, 6.07) is 4.13. The molecule has 0 atom stereocenters. The standard InChI is InChI=1S/C9H4N4O5/c14-13(15)7-2-1-5(16-7)8-11-9(18-12-8)6-3-4-10-17-6/h1-4H. The zero-order valence-electron chi connectivity index (χ0n) is 8.64.